The Balaban J connectivity index is 2.13. The maximum atomic E-state index is 11.0. The van der Waals surface area contributed by atoms with Crippen LogP contribution < -0.4 is 16.6 Å². The number of nitrogens with one attached hydrogen (secondary N) is 2. The molecule has 0 atom stereocenters. The molecule has 98 valence electrons. The lowest BCUT2D eigenvalue weighted by atomic mass is 9.96. The molecule has 0 aromatic carbocycles. The lowest BCUT2D eigenvalue weighted by Gasteiger charge is -2.31. The normalized spacial score (nSPS) is 17.8. The van der Waals surface area contributed by atoms with Gasteiger partial charge >= 0.3 is 0 Å². The van der Waals surface area contributed by atoms with Gasteiger partial charge in [0.2, 0.25) is 11.8 Å². The van der Waals surface area contributed by atoms with Gasteiger partial charge in [-0.15, -0.1) is 0 Å². The molecular formula is C11H22N4O2. The van der Waals surface area contributed by atoms with Crippen LogP contribution in [0.4, 0.5) is 0 Å². The van der Waals surface area contributed by atoms with Crippen molar-refractivity contribution < 1.29 is 9.59 Å². The zero-order valence-electron chi connectivity index (χ0n) is 10.4. The highest BCUT2D eigenvalue weighted by Crippen LogP contribution is 2.16. The molecule has 4 N–H and O–H groups in total. The van der Waals surface area contributed by atoms with Crippen LogP contribution in [0.25, 0.3) is 0 Å². The largest absolute Gasteiger partial charge is 0.356 e. The maximum Gasteiger partial charge on any atom is 0.235 e. The van der Waals surface area contributed by atoms with Gasteiger partial charge in [0.1, 0.15) is 0 Å². The van der Waals surface area contributed by atoms with E-state index in [2.05, 4.69) is 15.6 Å². The third-order valence-corrected chi connectivity index (χ3v) is 3.16. The fourth-order valence-corrected chi connectivity index (χ4v) is 2.03. The molecule has 0 aromatic heterocycles. The van der Waals surface area contributed by atoms with E-state index in [4.69, 9.17) is 5.84 Å². The zero-order chi connectivity index (χ0) is 12.7. The second kappa shape index (κ2) is 7.24. The first-order chi connectivity index (χ1) is 8.11. The fraction of sp³-hybridized carbons (Fsp3) is 0.818. The van der Waals surface area contributed by atoms with Crippen LogP contribution in [0.3, 0.4) is 0 Å². The molecule has 1 heterocycles. The van der Waals surface area contributed by atoms with E-state index in [1.807, 2.05) is 0 Å². The van der Waals surface area contributed by atoms with Crippen LogP contribution in [0, 0.1) is 5.92 Å². The van der Waals surface area contributed by atoms with Gasteiger partial charge in [-0.3, -0.25) is 15.0 Å². The van der Waals surface area contributed by atoms with Gasteiger partial charge in [-0.25, -0.2) is 5.84 Å². The highest BCUT2D eigenvalue weighted by Gasteiger charge is 2.19. The summed E-state index contributed by atoms with van der Waals surface area (Å²) in [5.41, 5.74) is 2.13. The summed E-state index contributed by atoms with van der Waals surface area (Å²) in [5, 5.41) is 2.85. The molecule has 6 nitrogen and oxygen atoms in total. The molecule has 17 heavy (non-hydrogen) atoms. The van der Waals surface area contributed by atoms with Crippen LogP contribution >= 0.6 is 0 Å². The van der Waals surface area contributed by atoms with Gasteiger partial charge in [-0.05, 0) is 31.8 Å². The van der Waals surface area contributed by atoms with Crippen molar-refractivity contribution in [3.63, 3.8) is 0 Å². The van der Waals surface area contributed by atoms with E-state index in [0.717, 1.165) is 39.0 Å². The van der Waals surface area contributed by atoms with E-state index < -0.39 is 0 Å². The maximum absolute atomic E-state index is 11.0. The Morgan fingerprint density at radius 1 is 1.35 bits per heavy atom. The monoisotopic (exact) mass is 242 g/mol. The highest BCUT2D eigenvalue weighted by molar-refractivity contribution is 5.75. The molecule has 0 aromatic rings. The van der Waals surface area contributed by atoms with Crippen molar-refractivity contribution in [1.82, 2.24) is 15.6 Å². The lowest BCUT2D eigenvalue weighted by molar-refractivity contribution is -0.122. The predicted octanol–water partition coefficient (Wildman–Crippen LogP) is -0.785. The minimum Gasteiger partial charge on any atom is -0.356 e. The molecule has 6 heteroatoms. The van der Waals surface area contributed by atoms with Gasteiger partial charge in [0.05, 0.1) is 0 Å². The zero-order valence-corrected chi connectivity index (χ0v) is 10.4. The van der Waals surface area contributed by atoms with Crippen molar-refractivity contribution in [3.8, 4) is 0 Å². The Morgan fingerprint density at radius 2 is 2.00 bits per heavy atom. The lowest BCUT2D eigenvalue weighted by Crippen LogP contribution is -2.40. The molecule has 0 bridgehead atoms. The summed E-state index contributed by atoms with van der Waals surface area (Å²) < 4.78 is 0. The van der Waals surface area contributed by atoms with E-state index in [1.165, 1.54) is 0 Å². The highest BCUT2D eigenvalue weighted by atomic mass is 16.2. The summed E-state index contributed by atoms with van der Waals surface area (Å²) in [7, 11) is 0. The van der Waals surface area contributed by atoms with Crippen molar-refractivity contribution in [1.29, 1.82) is 0 Å². The van der Waals surface area contributed by atoms with Crippen LogP contribution in [-0.2, 0) is 9.59 Å². The Labute approximate surface area is 102 Å². The summed E-state index contributed by atoms with van der Waals surface area (Å²) in [6.45, 7) is 5.05. The first kappa shape index (κ1) is 13.9. The quantitative estimate of drug-likeness (QED) is 0.335. The van der Waals surface area contributed by atoms with Crippen LogP contribution in [-0.4, -0.2) is 42.9 Å². The van der Waals surface area contributed by atoms with Crippen LogP contribution in [0.1, 0.15) is 26.2 Å². The average Bonchev–Trinajstić information content (AvgIpc) is 2.34. The number of nitrogens with zero attached hydrogens (tertiary/aromatic N) is 1. The Morgan fingerprint density at radius 3 is 2.53 bits per heavy atom. The molecule has 2 amide bonds. The van der Waals surface area contributed by atoms with Crippen molar-refractivity contribution in [3.05, 3.63) is 0 Å². The van der Waals surface area contributed by atoms with E-state index in [0.29, 0.717) is 12.3 Å². The number of carbonyl (C=O) groups excluding carboxylic acids is 2. The van der Waals surface area contributed by atoms with E-state index >= 15 is 0 Å². The number of likely N-dealkylation sites (tertiary alicyclic amines) is 1. The number of hydrogen-bond acceptors (Lipinski definition) is 4. The standard InChI is InChI=1S/C11H22N4O2/c1-9(16)13-8-10-2-5-15(6-3-10)7-4-11(17)14-12/h10H,2-8,12H2,1H3,(H,13,16)(H,14,17). The topological polar surface area (TPSA) is 87.5 Å². The smallest absolute Gasteiger partial charge is 0.235 e. The molecule has 0 radical (unpaired) electrons. The van der Waals surface area contributed by atoms with E-state index in [9.17, 15) is 9.59 Å². The first-order valence-corrected chi connectivity index (χ1v) is 6.08. The summed E-state index contributed by atoms with van der Waals surface area (Å²) in [6.07, 6.45) is 2.60. The Bertz CT molecular complexity index is 262. The number of hydrazine groups is 1. The molecule has 1 rings (SSSR count). The molecule has 1 fully saturated rings. The average molecular weight is 242 g/mol. The molecule has 0 spiro atoms. The summed E-state index contributed by atoms with van der Waals surface area (Å²) >= 11 is 0. The number of rotatable bonds is 5. The van der Waals surface area contributed by atoms with Crippen molar-refractivity contribution >= 4 is 11.8 Å². The summed E-state index contributed by atoms with van der Waals surface area (Å²) in [5.74, 6) is 5.50. The minimum atomic E-state index is -0.120. The van der Waals surface area contributed by atoms with Crippen LogP contribution in [0.15, 0.2) is 0 Å². The van der Waals surface area contributed by atoms with Crippen molar-refractivity contribution in [2.45, 2.75) is 26.2 Å². The van der Waals surface area contributed by atoms with E-state index in [-0.39, 0.29) is 11.8 Å². The second-order valence-corrected chi connectivity index (χ2v) is 4.54. The molecule has 0 aliphatic carbocycles. The molecule has 0 unspecified atom stereocenters. The third-order valence-electron chi connectivity index (χ3n) is 3.16. The molecular weight excluding hydrogens is 220 g/mol. The van der Waals surface area contributed by atoms with Crippen LogP contribution in [0.5, 0.6) is 0 Å². The van der Waals surface area contributed by atoms with Gasteiger partial charge in [-0.2, -0.15) is 0 Å². The predicted molar refractivity (Wildman–Crippen MR) is 64.8 cm³/mol. The minimum absolute atomic E-state index is 0.0343. The molecule has 1 saturated heterocycles. The Hall–Kier alpha value is -1.14. The van der Waals surface area contributed by atoms with Gasteiger partial charge in [-0.1, -0.05) is 0 Å². The van der Waals surface area contributed by atoms with Crippen LogP contribution in [0.2, 0.25) is 0 Å². The van der Waals surface area contributed by atoms with E-state index in [1.54, 1.807) is 6.92 Å². The number of hydrogen-bond donors (Lipinski definition) is 3. The van der Waals surface area contributed by atoms with Gasteiger partial charge in [0.25, 0.3) is 0 Å². The number of nitrogens with two attached hydrogens (primary N) is 1. The number of piperidine rings is 1. The Kier molecular flexibility index (Phi) is 5.93. The number of carbonyl (C=O) groups is 2. The SMILES string of the molecule is CC(=O)NCC1CCN(CCC(=O)NN)CC1. The molecule has 0 saturated carbocycles. The van der Waals surface area contributed by atoms with Crippen molar-refractivity contribution in [2.24, 2.45) is 11.8 Å². The number of amides is 2. The van der Waals surface area contributed by atoms with Gasteiger partial charge in [0.15, 0.2) is 0 Å². The van der Waals surface area contributed by atoms with Crippen molar-refractivity contribution in [2.75, 3.05) is 26.2 Å². The second-order valence-electron chi connectivity index (χ2n) is 4.54. The molecule has 1 aliphatic heterocycles. The van der Waals surface area contributed by atoms with Gasteiger partial charge in [0, 0.05) is 26.4 Å². The summed E-state index contributed by atoms with van der Waals surface area (Å²) in [6, 6.07) is 0. The fourth-order valence-electron chi connectivity index (χ4n) is 2.03. The van der Waals surface area contributed by atoms with Gasteiger partial charge < -0.3 is 10.2 Å². The third kappa shape index (κ3) is 5.65. The first-order valence-electron chi connectivity index (χ1n) is 6.08. The summed E-state index contributed by atoms with van der Waals surface area (Å²) in [4.78, 5) is 24.0. The molecule has 1 aliphatic rings.